The van der Waals surface area contributed by atoms with Crippen LogP contribution in [-0.4, -0.2) is 46.3 Å². The van der Waals surface area contributed by atoms with Gasteiger partial charge in [-0.25, -0.2) is 0 Å². The number of ether oxygens (including phenoxy) is 1. The van der Waals surface area contributed by atoms with Crippen molar-refractivity contribution in [2.45, 2.75) is 110 Å². The molecule has 0 bridgehead atoms. The molecule has 4 nitrogen and oxygen atoms in total. The van der Waals surface area contributed by atoms with Crippen molar-refractivity contribution < 1.29 is 20.1 Å². The molecule has 0 aromatic rings. The summed E-state index contributed by atoms with van der Waals surface area (Å²) in [4.78, 5) is 0. The highest BCUT2D eigenvalue weighted by molar-refractivity contribution is 5.39. The molecule has 3 rings (SSSR count). The fraction of sp³-hybridized carbons (Fsp3) is 0.786. The molecule has 0 amide bonds. The Morgan fingerprint density at radius 1 is 1.25 bits per heavy atom. The number of allylic oxidation sites excluding steroid dienone is 3. The topological polar surface area (TPSA) is 69.9 Å². The van der Waals surface area contributed by atoms with Crippen LogP contribution < -0.4 is 0 Å². The van der Waals surface area contributed by atoms with Gasteiger partial charge in [-0.1, -0.05) is 44.9 Å². The van der Waals surface area contributed by atoms with E-state index in [9.17, 15) is 15.3 Å². The first-order valence-corrected chi connectivity index (χ1v) is 12.7. The van der Waals surface area contributed by atoms with Gasteiger partial charge >= 0.3 is 0 Å². The predicted molar refractivity (Wildman–Crippen MR) is 130 cm³/mol. The minimum Gasteiger partial charge on any atom is -0.390 e. The fourth-order valence-electron chi connectivity index (χ4n) is 6.89. The number of fused-ring (bicyclic) bond motifs is 1. The average Bonchev–Trinajstić information content (AvgIpc) is 3.06. The molecule has 0 unspecified atom stereocenters. The number of aliphatic hydroxyl groups excluding tert-OH is 2. The van der Waals surface area contributed by atoms with Crippen molar-refractivity contribution in [3.05, 3.63) is 34.9 Å². The first-order chi connectivity index (χ1) is 15.0. The summed E-state index contributed by atoms with van der Waals surface area (Å²) in [6.07, 6.45) is 13.4. The smallest absolute Gasteiger partial charge is 0.108 e. The molecule has 1 saturated carbocycles. The third-order valence-electron chi connectivity index (χ3n) is 8.80. The van der Waals surface area contributed by atoms with E-state index >= 15 is 0 Å². The molecule has 4 heteroatoms. The highest BCUT2D eigenvalue weighted by Crippen LogP contribution is 2.58. The quantitative estimate of drug-likeness (QED) is 0.471. The highest BCUT2D eigenvalue weighted by Gasteiger charge is 2.49. The van der Waals surface area contributed by atoms with Gasteiger partial charge in [0.25, 0.3) is 0 Å². The first-order valence-electron chi connectivity index (χ1n) is 12.7. The van der Waals surface area contributed by atoms with E-state index in [0.717, 1.165) is 36.3 Å². The molecule has 182 valence electrons. The van der Waals surface area contributed by atoms with Crippen molar-refractivity contribution in [2.75, 3.05) is 7.11 Å². The summed E-state index contributed by atoms with van der Waals surface area (Å²) in [7, 11) is 1.63. The zero-order chi connectivity index (χ0) is 23.7. The van der Waals surface area contributed by atoms with Crippen LogP contribution in [-0.2, 0) is 4.74 Å². The molecule has 0 heterocycles. The van der Waals surface area contributed by atoms with Gasteiger partial charge < -0.3 is 20.1 Å². The van der Waals surface area contributed by atoms with E-state index in [1.807, 2.05) is 20.8 Å². The Morgan fingerprint density at radius 2 is 1.97 bits per heavy atom. The van der Waals surface area contributed by atoms with Gasteiger partial charge in [-0.05, 0) is 92.8 Å². The number of aliphatic hydroxyl groups is 3. The summed E-state index contributed by atoms with van der Waals surface area (Å²) in [6.45, 7) is 10.7. The van der Waals surface area contributed by atoms with Gasteiger partial charge in [-0.3, -0.25) is 0 Å². The van der Waals surface area contributed by atoms with Gasteiger partial charge in [-0.15, -0.1) is 0 Å². The van der Waals surface area contributed by atoms with E-state index in [1.165, 1.54) is 31.3 Å². The van der Waals surface area contributed by atoms with Gasteiger partial charge in [0.1, 0.15) is 6.10 Å². The van der Waals surface area contributed by atoms with E-state index in [2.05, 4.69) is 32.1 Å². The van der Waals surface area contributed by atoms with Crippen molar-refractivity contribution in [1.29, 1.82) is 0 Å². The third kappa shape index (κ3) is 5.41. The highest BCUT2D eigenvalue weighted by atomic mass is 16.5. The van der Waals surface area contributed by atoms with E-state index in [1.54, 1.807) is 7.11 Å². The Bertz CT molecular complexity index is 743. The summed E-state index contributed by atoms with van der Waals surface area (Å²) in [6, 6.07) is 0. The number of methoxy groups -OCH3 is 1. The molecule has 0 saturated heterocycles. The second-order valence-corrected chi connectivity index (χ2v) is 11.6. The molecule has 7 atom stereocenters. The van der Waals surface area contributed by atoms with Crippen molar-refractivity contribution in [3.63, 3.8) is 0 Å². The number of hydrogen-bond acceptors (Lipinski definition) is 4. The van der Waals surface area contributed by atoms with Crippen LogP contribution in [0.3, 0.4) is 0 Å². The number of rotatable bonds is 8. The molecule has 0 spiro atoms. The molecule has 3 N–H and O–H groups in total. The van der Waals surface area contributed by atoms with Gasteiger partial charge in [0, 0.05) is 13.5 Å². The predicted octanol–water partition coefficient (Wildman–Crippen LogP) is 5.33. The van der Waals surface area contributed by atoms with Gasteiger partial charge in [0.2, 0.25) is 0 Å². The van der Waals surface area contributed by atoms with E-state index < -0.39 is 17.8 Å². The summed E-state index contributed by atoms with van der Waals surface area (Å²) in [5.74, 6) is 1.95. The molecule has 3 aliphatic rings. The van der Waals surface area contributed by atoms with Crippen LogP contribution in [0.2, 0.25) is 0 Å². The fourth-order valence-corrected chi connectivity index (χ4v) is 6.89. The first kappa shape index (κ1) is 25.7. The average molecular weight is 447 g/mol. The lowest BCUT2D eigenvalue weighted by Crippen LogP contribution is -2.39. The Morgan fingerprint density at radius 3 is 2.62 bits per heavy atom. The minimum atomic E-state index is -0.676. The second kappa shape index (κ2) is 10.1. The van der Waals surface area contributed by atoms with Crippen LogP contribution in [0, 0.1) is 23.2 Å². The van der Waals surface area contributed by atoms with Gasteiger partial charge in [0.05, 0.1) is 17.8 Å². The Balaban J connectivity index is 1.73. The largest absolute Gasteiger partial charge is 0.390 e. The van der Waals surface area contributed by atoms with Crippen molar-refractivity contribution in [3.8, 4) is 0 Å². The molecular formula is C28H46O4. The lowest BCUT2D eigenvalue weighted by molar-refractivity contribution is -0.0212. The van der Waals surface area contributed by atoms with Crippen LogP contribution >= 0.6 is 0 Å². The second-order valence-electron chi connectivity index (χ2n) is 11.6. The van der Waals surface area contributed by atoms with Crippen LogP contribution in [0.5, 0.6) is 0 Å². The minimum absolute atomic E-state index is 0.318. The standard InChI is InChI=1S/C28H46O4/c1-18(9-7-15-27(3,4)31)22-13-14-23-20(10-8-16-28(22,23)5)11-12-21-19(2)24(29)17-25(30)26(21)32-6/h10-12,18,22-26,29-31H,7-9,13-17H2,1-6H3/b12-11-/t18-,22-,23-,24+,25+,26-,28-/m1/s1. The van der Waals surface area contributed by atoms with E-state index in [-0.39, 0.29) is 6.10 Å². The summed E-state index contributed by atoms with van der Waals surface area (Å²) < 4.78 is 5.58. The molecule has 0 aromatic heterocycles. The van der Waals surface area contributed by atoms with E-state index in [0.29, 0.717) is 23.7 Å². The Hall–Kier alpha value is -0.940. The lowest BCUT2D eigenvalue weighted by Gasteiger charge is -2.43. The maximum Gasteiger partial charge on any atom is 0.108 e. The monoisotopic (exact) mass is 446 g/mol. The molecular weight excluding hydrogens is 400 g/mol. The Labute approximate surface area is 195 Å². The van der Waals surface area contributed by atoms with Crippen LogP contribution in [0.15, 0.2) is 34.9 Å². The maximum absolute atomic E-state index is 10.4. The summed E-state index contributed by atoms with van der Waals surface area (Å²) in [5.41, 5.74) is 2.98. The SMILES string of the molecule is CO[C@@H]1C(/C=C\C2=CCC[C@@]3(C)[C@@H]2CC[C@@H]3[C@H](C)CCCC(C)(C)O)=C(C)[C@@H](O)C[C@@H]1O. The molecule has 0 aromatic carbocycles. The molecule has 3 aliphatic carbocycles. The van der Waals surface area contributed by atoms with Crippen LogP contribution in [0.25, 0.3) is 0 Å². The molecule has 32 heavy (non-hydrogen) atoms. The summed E-state index contributed by atoms with van der Waals surface area (Å²) in [5, 5.41) is 30.8. The van der Waals surface area contributed by atoms with Gasteiger partial charge in [0.15, 0.2) is 0 Å². The third-order valence-corrected chi connectivity index (χ3v) is 8.80. The lowest BCUT2D eigenvalue weighted by atomic mass is 9.62. The normalized spacial score (nSPS) is 37.0. The van der Waals surface area contributed by atoms with Crippen molar-refractivity contribution in [2.24, 2.45) is 23.2 Å². The zero-order valence-electron chi connectivity index (χ0n) is 21.1. The van der Waals surface area contributed by atoms with Crippen molar-refractivity contribution in [1.82, 2.24) is 0 Å². The van der Waals surface area contributed by atoms with E-state index in [4.69, 9.17) is 4.74 Å². The number of hydrogen-bond donors (Lipinski definition) is 3. The van der Waals surface area contributed by atoms with Crippen molar-refractivity contribution >= 4 is 0 Å². The molecule has 1 fully saturated rings. The Kier molecular flexibility index (Phi) is 8.13. The van der Waals surface area contributed by atoms with Crippen LogP contribution in [0.4, 0.5) is 0 Å². The molecule has 0 aliphatic heterocycles. The molecule has 0 radical (unpaired) electrons. The van der Waals surface area contributed by atoms with Crippen LogP contribution in [0.1, 0.15) is 86.0 Å². The zero-order valence-corrected chi connectivity index (χ0v) is 21.1. The summed E-state index contributed by atoms with van der Waals surface area (Å²) >= 11 is 0. The van der Waals surface area contributed by atoms with Gasteiger partial charge in [-0.2, -0.15) is 0 Å². The maximum atomic E-state index is 10.4.